The maximum Gasteiger partial charge on any atom is 0.416 e. The standard InChI is InChI=1S/C9H8F3N3/c10-9(11,12)7-1-3-8(4-2-7)15-6-13-5-14-15/h1-5H,6H2,(H,13,14). The first-order valence-electron chi connectivity index (χ1n) is 4.26. The Morgan fingerprint density at radius 1 is 1.20 bits per heavy atom. The van der Waals surface area contributed by atoms with E-state index in [-0.39, 0.29) is 0 Å². The van der Waals surface area contributed by atoms with Crippen LogP contribution in [0.5, 0.6) is 0 Å². The van der Waals surface area contributed by atoms with E-state index in [1.807, 2.05) is 0 Å². The Morgan fingerprint density at radius 2 is 1.87 bits per heavy atom. The molecule has 3 nitrogen and oxygen atoms in total. The summed E-state index contributed by atoms with van der Waals surface area (Å²) in [7, 11) is 0. The van der Waals surface area contributed by atoms with Crippen LogP contribution < -0.4 is 10.4 Å². The van der Waals surface area contributed by atoms with Crippen LogP contribution in [-0.2, 0) is 6.18 Å². The molecule has 0 aliphatic carbocycles. The summed E-state index contributed by atoms with van der Waals surface area (Å²) in [5.41, 5.74) is 2.80. The topological polar surface area (TPSA) is 27.6 Å². The van der Waals surface area contributed by atoms with Gasteiger partial charge in [0.2, 0.25) is 0 Å². The maximum atomic E-state index is 12.2. The van der Waals surface area contributed by atoms with Crippen LogP contribution in [0, 0.1) is 0 Å². The summed E-state index contributed by atoms with van der Waals surface area (Å²) in [5.74, 6) is 0. The Hall–Kier alpha value is -1.72. The molecule has 80 valence electrons. The molecule has 1 heterocycles. The molecular formula is C9H8F3N3. The molecule has 0 fully saturated rings. The lowest BCUT2D eigenvalue weighted by molar-refractivity contribution is -0.137. The van der Waals surface area contributed by atoms with Crippen molar-refractivity contribution >= 4 is 12.0 Å². The molecule has 0 saturated heterocycles. The summed E-state index contributed by atoms with van der Waals surface area (Å²) in [5, 5.41) is 1.64. The van der Waals surface area contributed by atoms with E-state index in [1.165, 1.54) is 18.5 Å². The van der Waals surface area contributed by atoms with Crippen LogP contribution in [0.3, 0.4) is 0 Å². The highest BCUT2D eigenvalue weighted by Gasteiger charge is 2.30. The van der Waals surface area contributed by atoms with Crippen molar-refractivity contribution in [1.29, 1.82) is 0 Å². The van der Waals surface area contributed by atoms with E-state index in [9.17, 15) is 13.2 Å². The highest BCUT2D eigenvalue weighted by atomic mass is 19.4. The van der Waals surface area contributed by atoms with Gasteiger partial charge < -0.3 is 0 Å². The summed E-state index contributed by atoms with van der Waals surface area (Å²) in [6.07, 6.45) is -2.79. The second-order valence-corrected chi connectivity index (χ2v) is 3.05. The second-order valence-electron chi connectivity index (χ2n) is 3.05. The molecule has 0 spiro atoms. The third-order valence-corrected chi connectivity index (χ3v) is 2.03. The van der Waals surface area contributed by atoms with Crippen molar-refractivity contribution in [1.82, 2.24) is 5.43 Å². The quantitative estimate of drug-likeness (QED) is 0.776. The molecule has 0 amide bonds. The number of alkyl halides is 3. The molecule has 0 radical (unpaired) electrons. The molecule has 1 N–H and O–H groups in total. The molecule has 0 unspecified atom stereocenters. The summed E-state index contributed by atoms with van der Waals surface area (Å²) >= 11 is 0. The molecule has 1 aromatic carbocycles. The van der Waals surface area contributed by atoms with E-state index in [2.05, 4.69) is 10.4 Å². The molecule has 0 aromatic heterocycles. The molecule has 6 heteroatoms. The minimum Gasteiger partial charge on any atom is -0.286 e. The van der Waals surface area contributed by atoms with Crippen molar-refractivity contribution in [3.05, 3.63) is 29.8 Å². The molecule has 1 aliphatic rings. The van der Waals surface area contributed by atoms with Gasteiger partial charge in [-0.2, -0.15) is 13.2 Å². The highest BCUT2D eigenvalue weighted by molar-refractivity contribution is 5.63. The monoisotopic (exact) mass is 215 g/mol. The molecule has 2 rings (SSSR count). The Morgan fingerprint density at radius 3 is 2.33 bits per heavy atom. The number of hydrogen-bond donors (Lipinski definition) is 1. The van der Waals surface area contributed by atoms with E-state index in [0.29, 0.717) is 12.4 Å². The number of anilines is 1. The van der Waals surface area contributed by atoms with Crippen LogP contribution in [0.2, 0.25) is 0 Å². The van der Waals surface area contributed by atoms with E-state index in [1.54, 1.807) is 5.01 Å². The first-order valence-corrected chi connectivity index (χ1v) is 4.26. The maximum absolute atomic E-state index is 12.2. The van der Waals surface area contributed by atoms with Crippen molar-refractivity contribution in [2.24, 2.45) is 4.99 Å². The van der Waals surface area contributed by atoms with Gasteiger partial charge in [0, 0.05) is 0 Å². The van der Waals surface area contributed by atoms with Gasteiger partial charge in [0.1, 0.15) is 13.0 Å². The number of rotatable bonds is 1. The Balaban J connectivity index is 2.17. The van der Waals surface area contributed by atoms with Crippen LogP contribution in [0.4, 0.5) is 18.9 Å². The van der Waals surface area contributed by atoms with Gasteiger partial charge >= 0.3 is 6.18 Å². The van der Waals surface area contributed by atoms with Crippen molar-refractivity contribution in [3.63, 3.8) is 0 Å². The molecule has 0 bridgehead atoms. The fraction of sp³-hybridized carbons (Fsp3) is 0.222. The van der Waals surface area contributed by atoms with Crippen LogP contribution in [0.25, 0.3) is 0 Å². The predicted octanol–water partition coefficient (Wildman–Crippen LogP) is 2.02. The van der Waals surface area contributed by atoms with Gasteiger partial charge in [0.25, 0.3) is 0 Å². The fourth-order valence-electron chi connectivity index (χ4n) is 1.26. The average molecular weight is 215 g/mol. The van der Waals surface area contributed by atoms with Gasteiger partial charge in [-0.25, -0.2) is 0 Å². The number of halogens is 3. The Kier molecular flexibility index (Phi) is 2.26. The number of nitrogens with zero attached hydrogens (tertiary/aromatic N) is 2. The lowest BCUT2D eigenvalue weighted by Gasteiger charge is -2.17. The van der Waals surface area contributed by atoms with E-state index in [0.717, 1.165) is 12.1 Å². The SMILES string of the molecule is FC(F)(F)c1ccc(N2CN=CN2)cc1. The van der Waals surface area contributed by atoms with Gasteiger partial charge in [0.05, 0.1) is 11.3 Å². The lowest BCUT2D eigenvalue weighted by Crippen LogP contribution is -2.31. The molecule has 15 heavy (non-hydrogen) atoms. The zero-order valence-corrected chi connectivity index (χ0v) is 7.62. The highest BCUT2D eigenvalue weighted by Crippen LogP contribution is 2.30. The van der Waals surface area contributed by atoms with Crippen molar-refractivity contribution in [3.8, 4) is 0 Å². The number of hydrazine groups is 1. The van der Waals surface area contributed by atoms with Gasteiger partial charge in [0.15, 0.2) is 0 Å². The summed E-state index contributed by atoms with van der Waals surface area (Å²) in [6, 6.07) is 4.92. The molecule has 0 atom stereocenters. The van der Waals surface area contributed by atoms with Crippen LogP contribution >= 0.6 is 0 Å². The number of hydrogen-bond acceptors (Lipinski definition) is 3. The molecule has 0 saturated carbocycles. The van der Waals surface area contributed by atoms with Gasteiger partial charge in [-0.1, -0.05) is 0 Å². The van der Waals surface area contributed by atoms with Crippen molar-refractivity contribution in [2.75, 3.05) is 11.7 Å². The number of nitrogens with one attached hydrogen (secondary N) is 1. The van der Waals surface area contributed by atoms with Gasteiger partial charge in [-0.15, -0.1) is 0 Å². The number of benzene rings is 1. The molecule has 1 aliphatic heterocycles. The second kappa shape index (κ2) is 3.45. The predicted molar refractivity (Wildman–Crippen MR) is 50.4 cm³/mol. The summed E-state index contributed by atoms with van der Waals surface area (Å²) in [4.78, 5) is 3.88. The fourth-order valence-corrected chi connectivity index (χ4v) is 1.26. The largest absolute Gasteiger partial charge is 0.416 e. The van der Waals surface area contributed by atoms with Crippen LogP contribution in [0.1, 0.15) is 5.56 Å². The van der Waals surface area contributed by atoms with Crippen molar-refractivity contribution in [2.45, 2.75) is 6.18 Å². The minimum atomic E-state index is -4.28. The Labute approximate surface area is 84.2 Å². The van der Waals surface area contributed by atoms with Crippen LogP contribution in [-0.4, -0.2) is 13.0 Å². The summed E-state index contributed by atoms with van der Waals surface area (Å²) < 4.78 is 36.7. The molecule has 1 aromatic rings. The van der Waals surface area contributed by atoms with Crippen molar-refractivity contribution < 1.29 is 13.2 Å². The van der Waals surface area contributed by atoms with Gasteiger partial charge in [-0.3, -0.25) is 15.4 Å². The normalized spacial score (nSPS) is 15.5. The van der Waals surface area contributed by atoms with E-state index in [4.69, 9.17) is 0 Å². The zero-order valence-electron chi connectivity index (χ0n) is 7.62. The van der Waals surface area contributed by atoms with E-state index < -0.39 is 11.7 Å². The summed E-state index contributed by atoms with van der Waals surface area (Å²) in [6.45, 7) is 0.408. The minimum absolute atomic E-state index is 0.408. The lowest BCUT2D eigenvalue weighted by atomic mass is 10.2. The smallest absolute Gasteiger partial charge is 0.286 e. The zero-order chi connectivity index (χ0) is 10.9. The average Bonchev–Trinajstić information content (AvgIpc) is 2.69. The van der Waals surface area contributed by atoms with E-state index >= 15 is 0 Å². The Bertz CT molecular complexity index is 361. The first-order chi connectivity index (χ1) is 7.07. The van der Waals surface area contributed by atoms with Gasteiger partial charge in [-0.05, 0) is 24.3 Å². The third-order valence-electron chi connectivity index (χ3n) is 2.03. The first kappa shape index (κ1) is 9.82. The van der Waals surface area contributed by atoms with Crippen LogP contribution in [0.15, 0.2) is 29.3 Å². The number of aliphatic imine (C=N–C) groups is 1. The third kappa shape index (κ3) is 2.03. The molecular weight excluding hydrogens is 207 g/mol.